The zero-order valence-corrected chi connectivity index (χ0v) is 11.0. The first-order chi connectivity index (χ1) is 8.92. The summed E-state index contributed by atoms with van der Waals surface area (Å²) < 4.78 is 5.37. The van der Waals surface area contributed by atoms with Gasteiger partial charge in [-0.2, -0.15) is 4.98 Å². The first kappa shape index (κ1) is 12.2. The number of nitrogens with one attached hydrogen (secondary N) is 1. The minimum absolute atomic E-state index is 0.331. The Morgan fingerprint density at radius 2 is 2.00 bits per heavy atom. The number of hydrogen-bond donors (Lipinski definition) is 1. The van der Waals surface area contributed by atoms with E-state index in [1.54, 1.807) is 0 Å². The zero-order chi connectivity index (χ0) is 12.2. The van der Waals surface area contributed by atoms with E-state index in [0.717, 1.165) is 37.0 Å². The van der Waals surface area contributed by atoms with Gasteiger partial charge < -0.3 is 9.84 Å². The van der Waals surface area contributed by atoms with Crippen molar-refractivity contribution in [3.63, 3.8) is 0 Å². The summed E-state index contributed by atoms with van der Waals surface area (Å²) in [6, 6.07) is 0.331. The minimum Gasteiger partial charge on any atom is -0.339 e. The van der Waals surface area contributed by atoms with Crippen molar-refractivity contribution in [2.75, 3.05) is 6.54 Å². The van der Waals surface area contributed by atoms with E-state index in [-0.39, 0.29) is 0 Å². The zero-order valence-electron chi connectivity index (χ0n) is 11.0. The van der Waals surface area contributed by atoms with Crippen LogP contribution >= 0.6 is 0 Å². The fourth-order valence-electron chi connectivity index (χ4n) is 3.22. The van der Waals surface area contributed by atoms with Gasteiger partial charge in [-0.15, -0.1) is 0 Å². The number of rotatable bonds is 4. The largest absolute Gasteiger partial charge is 0.339 e. The van der Waals surface area contributed by atoms with Crippen LogP contribution in [-0.2, 0) is 6.42 Å². The van der Waals surface area contributed by atoms with Gasteiger partial charge in [-0.25, -0.2) is 0 Å². The highest BCUT2D eigenvalue weighted by Crippen LogP contribution is 2.27. The quantitative estimate of drug-likeness (QED) is 0.891. The van der Waals surface area contributed by atoms with Crippen LogP contribution < -0.4 is 5.32 Å². The van der Waals surface area contributed by atoms with Crippen LogP contribution in [0, 0.1) is 5.92 Å². The smallest absolute Gasteiger partial charge is 0.226 e. The summed E-state index contributed by atoms with van der Waals surface area (Å²) in [5.74, 6) is 2.59. The Morgan fingerprint density at radius 1 is 1.11 bits per heavy atom. The molecule has 0 amide bonds. The highest BCUT2D eigenvalue weighted by Gasteiger charge is 2.22. The van der Waals surface area contributed by atoms with E-state index in [1.165, 1.54) is 44.9 Å². The molecule has 1 aliphatic carbocycles. The maximum Gasteiger partial charge on any atom is 0.226 e. The molecule has 1 saturated heterocycles. The van der Waals surface area contributed by atoms with E-state index in [9.17, 15) is 0 Å². The molecule has 2 fully saturated rings. The third kappa shape index (κ3) is 2.91. The Kier molecular flexibility index (Phi) is 3.93. The van der Waals surface area contributed by atoms with Crippen LogP contribution in [0.2, 0.25) is 0 Å². The number of hydrogen-bond acceptors (Lipinski definition) is 4. The molecule has 0 bridgehead atoms. The molecule has 1 N–H and O–H groups in total. The third-order valence-electron chi connectivity index (χ3n) is 4.35. The molecule has 4 nitrogen and oxygen atoms in total. The molecule has 0 radical (unpaired) electrons. The second-order valence-corrected chi connectivity index (χ2v) is 5.74. The predicted molar refractivity (Wildman–Crippen MR) is 69.2 cm³/mol. The van der Waals surface area contributed by atoms with Gasteiger partial charge in [0, 0.05) is 6.42 Å². The molecule has 100 valence electrons. The van der Waals surface area contributed by atoms with Crippen molar-refractivity contribution in [2.24, 2.45) is 5.92 Å². The lowest BCUT2D eigenvalue weighted by atomic mass is 9.86. The Balaban J connectivity index is 1.50. The second-order valence-electron chi connectivity index (χ2n) is 5.74. The van der Waals surface area contributed by atoms with Crippen molar-refractivity contribution < 1.29 is 4.52 Å². The fourth-order valence-corrected chi connectivity index (χ4v) is 3.22. The molecule has 0 spiro atoms. The SMILES string of the molecule is C1CCC(CCc2nc(C3CCCN3)no2)CC1. The van der Waals surface area contributed by atoms with Crippen molar-refractivity contribution in [3.05, 3.63) is 11.7 Å². The van der Waals surface area contributed by atoms with E-state index in [1.807, 2.05) is 0 Å². The molecular weight excluding hydrogens is 226 g/mol. The Morgan fingerprint density at radius 3 is 2.78 bits per heavy atom. The number of nitrogens with zero attached hydrogens (tertiary/aromatic N) is 2. The van der Waals surface area contributed by atoms with Gasteiger partial charge in [-0.1, -0.05) is 37.3 Å². The van der Waals surface area contributed by atoms with E-state index in [4.69, 9.17) is 4.52 Å². The molecule has 1 aromatic heterocycles. The average Bonchev–Trinajstić information content (AvgIpc) is 3.08. The van der Waals surface area contributed by atoms with E-state index in [0.29, 0.717) is 6.04 Å². The molecule has 18 heavy (non-hydrogen) atoms. The van der Waals surface area contributed by atoms with E-state index < -0.39 is 0 Å². The Bertz CT molecular complexity index is 365. The summed E-state index contributed by atoms with van der Waals surface area (Å²) >= 11 is 0. The molecule has 1 aliphatic heterocycles. The van der Waals surface area contributed by atoms with Gasteiger partial charge in [0.15, 0.2) is 5.82 Å². The molecule has 2 heterocycles. The summed E-state index contributed by atoms with van der Waals surface area (Å²) in [7, 11) is 0. The van der Waals surface area contributed by atoms with Crippen LogP contribution in [0.1, 0.15) is 69.1 Å². The van der Waals surface area contributed by atoms with Crippen molar-refractivity contribution >= 4 is 0 Å². The lowest BCUT2D eigenvalue weighted by Gasteiger charge is -2.20. The fraction of sp³-hybridized carbons (Fsp3) is 0.857. The molecule has 1 unspecified atom stereocenters. The summed E-state index contributed by atoms with van der Waals surface area (Å²) in [5.41, 5.74) is 0. The molecule has 1 atom stereocenters. The summed E-state index contributed by atoms with van der Waals surface area (Å²) in [6.45, 7) is 1.08. The molecule has 2 aliphatic rings. The van der Waals surface area contributed by atoms with Crippen LogP contribution in [0.15, 0.2) is 4.52 Å². The van der Waals surface area contributed by atoms with E-state index >= 15 is 0 Å². The highest BCUT2D eigenvalue weighted by atomic mass is 16.5. The van der Waals surface area contributed by atoms with Gasteiger partial charge in [-0.3, -0.25) is 0 Å². The summed E-state index contributed by atoms with van der Waals surface area (Å²) in [6.07, 6.45) is 11.6. The first-order valence-electron chi connectivity index (χ1n) is 7.47. The van der Waals surface area contributed by atoms with Crippen molar-refractivity contribution in [1.29, 1.82) is 0 Å². The van der Waals surface area contributed by atoms with Crippen LogP contribution in [0.4, 0.5) is 0 Å². The average molecular weight is 249 g/mol. The molecular formula is C14H23N3O. The summed E-state index contributed by atoms with van der Waals surface area (Å²) in [4.78, 5) is 4.54. The highest BCUT2D eigenvalue weighted by molar-refractivity contribution is 4.96. The van der Waals surface area contributed by atoms with Gasteiger partial charge in [0.2, 0.25) is 5.89 Å². The normalized spacial score (nSPS) is 25.7. The van der Waals surface area contributed by atoms with Crippen LogP contribution in [-0.4, -0.2) is 16.7 Å². The standard InChI is InChI=1S/C14H23N3O/c1-2-5-11(6-3-1)8-9-13-16-14(17-18-13)12-7-4-10-15-12/h11-12,15H,1-10H2. The molecule has 1 aromatic rings. The van der Waals surface area contributed by atoms with Gasteiger partial charge in [0.05, 0.1) is 6.04 Å². The second kappa shape index (κ2) is 5.83. The maximum absolute atomic E-state index is 5.37. The van der Waals surface area contributed by atoms with Gasteiger partial charge in [0.25, 0.3) is 0 Å². The van der Waals surface area contributed by atoms with Gasteiger partial charge in [0.1, 0.15) is 0 Å². The lowest BCUT2D eigenvalue weighted by molar-refractivity contribution is 0.313. The van der Waals surface area contributed by atoms with E-state index in [2.05, 4.69) is 15.5 Å². The number of aryl methyl sites for hydroxylation is 1. The lowest BCUT2D eigenvalue weighted by Crippen LogP contribution is -2.14. The van der Waals surface area contributed by atoms with Crippen molar-refractivity contribution in [1.82, 2.24) is 15.5 Å². The monoisotopic (exact) mass is 249 g/mol. The van der Waals surface area contributed by atoms with Crippen LogP contribution in [0.5, 0.6) is 0 Å². The maximum atomic E-state index is 5.37. The molecule has 4 heteroatoms. The Labute approximate surface area is 109 Å². The number of aromatic nitrogens is 2. The first-order valence-corrected chi connectivity index (χ1v) is 7.47. The topological polar surface area (TPSA) is 51.0 Å². The predicted octanol–water partition coefficient (Wildman–Crippen LogP) is 3.01. The van der Waals surface area contributed by atoms with Gasteiger partial charge in [-0.05, 0) is 31.7 Å². The minimum atomic E-state index is 0.331. The van der Waals surface area contributed by atoms with Crippen molar-refractivity contribution in [2.45, 2.75) is 63.8 Å². The molecule has 0 aromatic carbocycles. The summed E-state index contributed by atoms with van der Waals surface area (Å²) in [5, 5.41) is 7.52. The molecule has 3 rings (SSSR count). The third-order valence-corrected chi connectivity index (χ3v) is 4.35. The Hall–Kier alpha value is -0.900. The van der Waals surface area contributed by atoms with Crippen molar-refractivity contribution in [3.8, 4) is 0 Å². The van der Waals surface area contributed by atoms with Gasteiger partial charge >= 0.3 is 0 Å². The van der Waals surface area contributed by atoms with Crippen LogP contribution in [0.25, 0.3) is 0 Å². The van der Waals surface area contributed by atoms with Crippen LogP contribution in [0.3, 0.4) is 0 Å². The molecule has 1 saturated carbocycles.